The summed E-state index contributed by atoms with van der Waals surface area (Å²) < 4.78 is 28.3. The van der Waals surface area contributed by atoms with Gasteiger partial charge in [-0.15, -0.1) is 0 Å². The minimum Gasteiger partial charge on any atom is -0.493 e. The smallest absolute Gasteiger partial charge is 0.349 e. The molecular formula is C32H34N2O6. The van der Waals surface area contributed by atoms with Crippen molar-refractivity contribution in [3.63, 3.8) is 0 Å². The highest BCUT2D eigenvalue weighted by Crippen LogP contribution is 2.45. The van der Waals surface area contributed by atoms with Gasteiger partial charge in [-0.25, -0.2) is 4.79 Å². The second-order valence-electron chi connectivity index (χ2n) is 9.52. The standard InChI is InChI=1S/C32H34N2O6/c1-4-5-6-7-16-37-27-15-10-22(17-29(27)36-3)31-25-14-13-24(18-28(25)40-32(34)26(31)19-33)39-30(35)20-38-23-11-8-21(2)9-12-23/h8-15,17-18,31H,4-7,16,20,34H2,1-3H3. The summed E-state index contributed by atoms with van der Waals surface area (Å²) in [5.41, 5.74) is 9.03. The number of allylic oxidation sites excluding steroid dienone is 1. The van der Waals surface area contributed by atoms with Gasteiger partial charge in [0.25, 0.3) is 0 Å². The molecule has 3 aromatic rings. The van der Waals surface area contributed by atoms with Crippen LogP contribution >= 0.6 is 0 Å². The van der Waals surface area contributed by atoms with E-state index < -0.39 is 11.9 Å². The fraction of sp³-hybridized carbons (Fsp3) is 0.312. The van der Waals surface area contributed by atoms with Gasteiger partial charge >= 0.3 is 5.97 Å². The minimum absolute atomic E-state index is 0.0126. The molecule has 0 saturated heterocycles. The Labute approximate surface area is 234 Å². The van der Waals surface area contributed by atoms with Crippen molar-refractivity contribution in [1.29, 1.82) is 5.26 Å². The predicted octanol–water partition coefficient (Wildman–Crippen LogP) is 6.17. The molecule has 1 aliphatic rings. The number of benzene rings is 3. The Bertz CT molecular complexity index is 1410. The van der Waals surface area contributed by atoms with Crippen molar-refractivity contribution in [2.24, 2.45) is 5.73 Å². The van der Waals surface area contributed by atoms with Crippen LogP contribution in [0.2, 0.25) is 0 Å². The minimum atomic E-state index is -0.566. The molecule has 0 amide bonds. The lowest BCUT2D eigenvalue weighted by Crippen LogP contribution is -2.22. The average molecular weight is 543 g/mol. The van der Waals surface area contributed by atoms with Crippen molar-refractivity contribution in [3.05, 3.63) is 88.8 Å². The fourth-order valence-electron chi connectivity index (χ4n) is 4.47. The van der Waals surface area contributed by atoms with Crippen LogP contribution in [0.5, 0.6) is 28.7 Å². The van der Waals surface area contributed by atoms with E-state index in [-0.39, 0.29) is 23.8 Å². The Kier molecular flexibility index (Phi) is 9.53. The van der Waals surface area contributed by atoms with Gasteiger partial charge in [0, 0.05) is 11.6 Å². The molecule has 1 unspecified atom stereocenters. The van der Waals surface area contributed by atoms with Crippen LogP contribution in [0.3, 0.4) is 0 Å². The summed E-state index contributed by atoms with van der Waals surface area (Å²) in [5, 5.41) is 9.92. The fourth-order valence-corrected chi connectivity index (χ4v) is 4.47. The highest BCUT2D eigenvalue weighted by molar-refractivity contribution is 5.74. The highest BCUT2D eigenvalue weighted by atomic mass is 16.6. The average Bonchev–Trinajstić information content (AvgIpc) is 2.96. The Hall–Kier alpha value is -4.64. The van der Waals surface area contributed by atoms with Gasteiger partial charge in [0.05, 0.1) is 19.6 Å². The maximum absolute atomic E-state index is 12.4. The monoisotopic (exact) mass is 542 g/mol. The SMILES string of the molecule is CCCCCCOc1ccc(C2C(C#N)=C(N)Oc3cc(OC(=O)COc4ccc(C)cc4)ccc32)cc1OC. The van der Waals surface area contributed by atoms with Crippen LogP contribution in [0, 0.1) is 18.3 Å². The van der Waals surface area contributed by atoms with Gasteiger partial charge in [-0.2, -0.15) is 5.26 Å². The lowest BCUT2D eigenvalue weighted by atomic mass is 9.83. The van der Waals surface area contributed by atoms with Crippen LogP contribution < -0.4 is 29.4 Å². The maximum Gasteiger partial charge on any atom is 0.349 e. The number of methoxy groups -OCH3 is 1. The van der Waals surface area contributed by atoms with Crippen molar-refractivity contribution in [2.45, 2.75) is 45.4 Å². The summed E-state index contributed by atoms with van der Waals surface area (Å²) in [6.45, 7) is 4.49. The molecule has 1 aliphatic heterocycles. The van der Waals surface area contributed by atoms with Crippen molar-refractivity contribution >= 4 is 5.97 Å². The number of carbonyl (C=O) groups excluding carboxylic acids is 1. The second-order valence-corrected chi connectivity index (χ2v) is 9.52. The van der Waals surface area contributed by atoms with Crippen LogP contribution in [0.15, 0.2) is 72.1 Å². The third-order valence-corrected chi connectivity index (χ3v) is 6.58. The van der Waals surface area contributed by atoms with E-state index in [4.69, 9.17) is 29.4 Å². The van der Waals surface area contributed by atoms with Crippen molar-refractivity contribution in [3.8, 4) is 34.8 Å². The topological polar surface area (TPSA) is 113 Å². The Balaban J connectivity index is 1.51. The quantitative estimate of drug-likeness (QED) is 0.164. The van der Waals surface area contributed by atoms with Gasteiger partial charge < -0.3 is 29.4 Å². The molecule has 1 heterocycles. The Morgan fingerprint density at radius 1 is 0.975 bits per heavy atom. The van der Waals surface area contributed by atoms with Crippen LogP contribution in [0.25, 0.3) is 0 Å². The Morgan fingerprint density at radius 3 is 2.48 bits per heavy atom. The number of nitrogens with zero attached hydrogens (tertiary/aromatic N) is 1. The number of ether oxygens (including phenoxy) is 5. The maximum atomic E-state index is 12.4. The van der Waals surface area contributed by atoms with E-state index in [1.54, 1.807) is 37.4 Å². The zero-order valence-corrected chi connectivity index (χ0v) is 23.1. The van der Waals surface area contributed by atoms with E-state index in [1.807, 2.05) is 37.3 Å². The van der Waals surface area contributed by atoms with Crippen molar-refractivity contribution in [2.75, 3.05) is 20.3 Å². The van der Waals surface area contributed by atoms with E-state index in [9.17, 15) is 10.1 Å². The number of carbonyl (C=O) groups is 1. The van der Waals surface area contributed by atoms with Gasteiger partial charge in [-0.05, 0) is 49.2 Å². The van der Waals surface area contributed by atoms with Crippen molar-refractivity contribution in [1.82, 2.24) is 0 Å². The molecule has 2 N–H and O–H groups in total. The third kappa shape index (κ3) is 6.86. The zero-order valence-electron chi connectivity index (χ0n) is 23.1. The summed E-state index contributed by atoms with van der Waals surface area (Å²) in [6.07, 6.45) is 4.42. The van der Waals surface area contributed by atoms with Crippen molar-refractivity contribution < 1.29 is 28.5 Å². The number of rotatable bonds is 12. The molecule has 0 aromatic heterocycles. The number of aryl methyl sites for hydroxylation is 1. The number of hydrogen-bond donors (Lipinski definition) is 1. The molecule has 40 heavy (non-hydrogen) atoms. The molecular weight excluding hydrogens is 508 g/mol. The largest absolute Gasteiger partial charge is 0.493 e. The van der Waals surface area contributed by atoms with E-state index in [2.05, 4.69) is 13.0 Å². The van der Waals surface area contributed by atoms with E-state index in [0.717, 1.165) is 30.4 Å². The second kappa shape index (κ2) is 13.4. The molecule has 0 spiro atoms. The summed E-state index contributed by atoms with van der Waals surface area (Å²) in [5.74, 6) is 1.36. The molecule has 3 aromatic carbocycles. The summed E-state index contributed by atoms with van der Waals surface area (Å²) in [6, 6.07) is 20.2. The van der Waals surface area contributed by atoms with E-state index >= 15 is 0 Å². The number of esters is 1. The normalized spacial score (nSPS) is 14.0. The molecule has 0 saturated carbocycles. The molecule has 0 bridgehead atoms. The van der Waals surface area contributed by atoms with Gasteiger partial charge in [0.1, 0.15) is 28.9 Å². The third-order valence-electron chi connectivity index (χ3n) is 6.58. The first kappa shape index (κ1) is 28.4. The molecule has 0 aliphatic carbocycles. The first-order valence-electron chi connectivity index (χ1n) is 13.4. The highest BCUT2D eigenvalue weighted by Gasteiger charge is 2.31. The van der Waals surface area contributed by atoms with Gasteiger partial charge in [-0.1, -0.05) is 56.0 Å². The molecule has 0 radical (unpaired) electrons. The summed E-state index contributed by atoms with van der Waals surface area (Å²) in [4.78, 5) is 12.4. The summed E-state index contributed by atoms with van der Waals surface area (Å²) >= 11 is 0. The van der Waals surface area contributed by atoms with Crippen LogP contribution in [0.1, 0.15) is 55.2 Å². The van der Waals surface area contributed by atoms with E-state index in [0.29, 0.717) is 35.2 Å². The number of hydrogen-bond acceptors (Lipinski definition) is 8. The lowest BCUT2D eigenvalue weighted by Gasteiger charge is -2.27. The predicted molar refractivity (Wildman–Crippen MR) is 151 cm³/mol. The molecule has 0 fully saturated rings. The molecule has 1 atom stereocenters. The number of unbranched alkanes of at least 4 members (excludes halogenated alkanes) is 3. The number of nitriles is 1. The zero-order chi connectivity index (χ0) is 28.5. The van der Waals surface area contributed by atoms with Gasteiger partial charge in [0.15, 0.2) is 18.1 Å². The summed E-state index contributed by atoms with van der Waals surface area (Å²) in [7, 11) is 1.58. The lowest BCUT2D eigenvalue weighted by molar-refractivity contribution is -0.136. The molecule has 208 valence electrons. The number of nitrogens with two attached hydrogens (primary N) is 1. The first-order valence-corrected chi connectivity index (χ1v) is 13.4. The van der Waals surface area contributed by atoms with Crippen LogP contribution in [-0.2, 0) is 4.79 Å². The van der Waals surface area contributed by atoms with E-state index in [1.165, 1.54) is 6.42 Å². The number of fused-ring (bicyclic) bond motifs is 1. The first-order chi connectivity index (χ1) is 19.4. The van der Waals surface area contributed by atoms with Crippen LogP contribution in [0.4, 0.5) is 0 Å². The van der Waals surface area contributed by atoms with Gasteiger partial charge in [-0.3, -0.25) is 0 Å². The van der Waals surface area contributed by atoms with Gasteiger partial charge in [0.2, 0.25) is 5.88 Å². The Morgan fingerprint density at radius 2 is 1.75 bits per heavy atom. The molecule has 8 heteroatoms. The van der Waals surface area contributed by atoms with Crippen LogP contribution in [-0.4, -0.2) is 26.3 Å². The molecule has 8 nitrogen and oxygen atoms in total. The molecule has 4 rings (SSSR count).